The van der Waals surface area contributed by atoms with Gasteiger partial charge in [-0.05, 0) is 30.9 Å². The maximum Gasteiger partial charge on any atom is 0.342 e. The molecular weight excluding hydrogens is 230 g/mol. The zero-order valence-electron chi connectivity index (χ0n) is 10.3. The second-order valence-corrected chi connectivity index (χ2v) is 4.42. The van der Waals surface area contributed by atoms with E-state index in [1.54, 1.807) is 18.1 Å². The molecule has 0 radical (unpaired) electrons. The Morgan fingerprint density at radius 3 is 3.06 bits per heavy atom. The number of nitrogens with two attached hydrogens (primary N) is 1. The quantitative estimate of drug-likeness (QED) is 0.871. The first-order valence-electron chi connectivity index (χ1n) is 6.01. The van der Waals surface area contributed by atoms with Crippen molar-refractivity contribution in [3.05, 3.63) is 29.2 Å². The molecule has 18 heavy (non-hydrogen) atoms. The van der Waals surface area contributed by atoms with Gasteiger partial charge in [0.1, 0.15) is 6.33 Å². The van der Waals surface area contributed by atoms with Gasteiger partial charge in [-0.15, -0.1) is 5.10 Å². The first-order chi connectivity index (χ1) is 8.76. The predicted molar refractivity (Wildman–Crippen MR) is 65.2 cm³/mol. The van der Waals surface area contributed by atoms with Gasteiger partial charge in [0.15, 0.2) is 0 Å². The Kier molecular flexibility index (Phi) is 2.71. The fourth-order valence-corrected chi connectivity index (χ4v) is 2.19. The topological polar surface area (TPSA) is 78.8 Å². The molecule has 2 aromatic heterocycles. The number of nitrogens with zero attached hydrogens (tertiary/aromatic N) is 4. The smallest absolute Gasteiger partial charge is 0.342 e. The third-order valence-electron chi connectivity index (χ3n) is 3.08. The molecule has 2 aromatic rings. The number of hydrogen-bond donors (Lipinski definition) is 1. The maximum atomic E-state index is 5.74. The largest absolute Gasteiger partial charge is 0.404 e. The van der Waals surface area contributed by atoms with E-state index in [9.17, 15) is 0 Å². The summed E-state index contributed by atoms with van der Waals surface area (Å²) in [6.45, 7) is 0.405. The van der Waals surface area contributed by atoms with Crippen LogP contribution in [0.4, 0.5) is 0 Å². The van der Waals surface area contributed by atoms with Gasteiger partial charge in [0.25, 0.3) is 0 Å². The molecule has 0 atom stereocenters. The molecule has 6 nitrogen and oxygen atoms in total. The van der Waals surface area contributed by atoms with Crippen LogP contribution in [0.15, 0.2) is 12.4 Å². The first kappa shape index (κ1) is 11.2. The van der Waals surface area contributed by atoms with Gasteiger partial charge in [-0.2, -0.15) is 4.98 Å². The highest BCUT2D eigenvalue weighted by atomic mass is 16.5. The van der Waals surface area contributed by atoms with Crippen LogP contribution in [0, 0.1) is 0 Å². The van der Waals surface area contributed by atoms with E-state index in [2.05, 4.69) is 21.1 Å². The third kappa shape index (κ3) is 1.95. The summed E-state index contributed by atoms with van der Waals surface area (Å²) in [6.07, 6.45) is 4.83. The van der Waals surface area contributed by atoms with Gasteiger partial charge >= 0.3 is 6.01 Å². The van der Waals surface area contributed by atoms with E-state index in [-0.39, 0.29) is 0 Å². The summed E-state index contributed by atoms with van der Waals surface area (Å²) in [4.78, 5) is 8.57. The molecule has 94 valence electrons. The van der Waals surface area contributed by atoms with Crippen molar-refractivity contribution >= 4 is 0 Å². The van der Waals surface area contributed by atoms with Crippen molar-refractivity contribution in [3.63, 3.8) is 0 Å². The van der Waals surface area contributed by atoms with Gasteiger partial charge in [-0.1, -0.05) is 0 Å². The number of fused-ring (bicyclic) bond motifs is 1. The Hall–Kier alpha value is -1.95. The van der Waals surface area contributed by atoms with Crippen LogP contribution in [0.2, 0.25) is 0 Å². The first-order valence-corrected chi connectivity index (χ1v) is 6.01. The van der Waals surface area contributed by atoms with E-state index in [0.717, 1.165) is 30.5 Å². The zero-order valence-corrected chi connectivity index (χ0v) is 10.3. The van der Waals surface area contributed by atoms with Crippen molar-refractivity contribution in [2.75, 3.05) is 0 Å². The Morgan fingerprint density at radius 1 is 1.44 bits per heavy atom. The highest BCUT2D eigenvalue weighted by molar-refractivity contribution is 5.37. The molecule has 0 aliphatic heterocycles. The lowest BCUT2D eigenvalue weighted by atomic mass is 10.1. The number of aryl methyl sites for hydroxylation is 3. The molecule has 3 rings (SSSR count). The van der Waals surface area contributed by atoms with E-state index in [1.165, 1.54) is 5.56 Å². The summed E-state index contributed by atoms with van der Waals surface area (Å²) in [6, 6.07) is 2.39. The Bertz CT molecular complexity index is 578. The van der Waals surface area contributed by atoms with Crippen molar-refractivity contribution in [2.45, 2.75) is 25.8 Å². The maximum absolute atomic E-state index is 5.74. The van der Waals surface area contributed by atoms with Gasteiger partial charge in [-0.25, -0.2) is 4.98 Å². The lowest BCUT2D eigenvalue weighted by Crippen LogP contribution is -2.04. The summed E-state index contributed by atoms with van der Waals surface area (Å²) in [5.41, 5.74) is 9.04. The van der Waals surface area contributed by atoms with E-state index in [4.69, 9.17) is 10.5 Å². The van der Waals surface area contributed by atoms with E-state index in [1.807, 2.05) is 0 Å². The molecule has 0 amide bonds. The molecule has 1 aliphatic carbocycles. The molecule has 2 N–H and O–H groups in total. The molecule has 0 saturated carbocycles. The van der Waals surface area contributed by atoms with Crippen LogP contribution in [0.5, 0.6) is 11.9 Å². The Labute approximate surface area is 105 Å². The fraction of sp³-hybridized carbons (Fsp3) is 0.417. The molecular formula is C12H15N5O. The van der Waals surface area contributed by atoms with E-state index in [0.29, 0.717) is 18.4 Å². The summed E-state index contributed by atoms with van der Waals surface area (Å²) in [5.74, 6) is 0.532. The monoisotopic (exact) mass is 245 g/mol. The number of aromatic nitrogens is 4. The van der Waals surface area contributed by atoms with Gasteiger partial charge in [0, 0.05) is 24.8 Å². The SMILES string of the molecule is Cn1cnc(Oc2nc3c(cc2CN)CCC3)n1. The highest BCUT2D eigenvalue weighted by Gasteiger charge is 2.17. The van der Waals surface area contributed by atoms with Crippen LogP contribution in [0.3, 0.4) is 0 Å². The summed E-state index contributed by atoms with van der Waals surface area (Å²) in [7, 11) is 1.79. The number of rotatable bonds is 3. The van der Waals surface area contributed by atoms with Crippen LogP contribution in [0.1, 0.15) is 23.2 Å². The van der Waals surface area contributed by atoms with Crippen molar-refractivity contribution in [2.24, 2.45) is 12.8 Å². The summed E-state index contributed by atoms with van der Waals surface area (Å²) >= 11 is 0. The molecule has 6 heteroatoms. The van der Waals surface area contributed by atoms with Crippen molar-refractivity contribution < 1.29 is 4.74 Å². The molecule has 0 bridgehead atoms. The predicted octanol–water partition coefficient (Wildman–Crippen LogP) is 0.950. The highest BCUT2D eigenvalue weighted by Crippen LogP contribution is 2.28. The van der Waals surface area contributed by atoms with Gasteiger partial charge in [-0.3, -0.25) is 4.68 Å². The third-order valence-corrected chi connectivity index (χ3v) is 3.08. The lowest BCUT2D eigenvalue weighted by Gasteiger charge is -2.08. The standard InChI is InChI=1S/C12H15N5O/c1-17-7-14-12(16-17)18-11-9(6-13)5-8-3-2-4-10(8)15-11/h5,7H,2-4,6,13H2,1H3. The second-order valence-electron chi connectivity index (χ2n) is 4.42. The second kappa shape index (κ2) is 4.38. The van der Waals surface area contributed by atoms with Gasteiger partial charge in [0.05, 0.1) is 0 Å². The molecule has 2 heterocycles. The van der Waals surface area contributed by atoms with Crippen LogP contribution < -0.4 is 10.5 Å². The van der Waals surface area contributed by atoms with Crippen LogP contribution in [-0.4, -0.2) is 19.7 Å². The molecule has 0 fully saturated rings. The number of pyridine rings is 1. The summed E-state index contributed by atoms with van der Waals surface area (Å²) in [5, 5.41) is 4.08. The van der Waals surface area contributed by atoms with Crippen LogP contribution in [-0.2, 0) is 26.4 Å². The van der Waals surface area contributed by atoms with Crippen LogP contribution >= 0.6 is 0 Å². The normalized spacial score (nSPS) is 13.7. The van der Waals surface area contributed by atoms with Gasteiger partial charge in [0.2, 0.25) is 5.88 Å². The fourth-order valence-electron chi connectivity index (χ4n) is 2.19. The Balaban J connectivity index is 1.95. The van der Waals surface area contributed by atoms with Crippen LogP contribution in [0.25, 0.3) is 0 Å². The van der Waals surface area contributed by atoms with Crippen molar-refractivity contribution in [1.29, 1.82) is 0 Å². The minimum absolute atomic E-state index is 0.303. The van der Waals surface area contributed by atoms with Crippen molar-refractivity contribution in [3.8, 4) is 11.9 Å². The molecule has 0 aromatic carbocycles. The minimum Gasteiger partial charge on any atom is -0.404 e. The van der Waals surface area contributed by atoms with E-state index >= 15 is 0 Å². The number of hydrogen-bond acceptors (Lipinski definition) is 5. The Morgan fingerprint density at radius 2 is 2.33 bits per heavy atom. The van der Waals surface area contributed by atoms with Gasteiger partial charge < -0.3 is 10.5 Å². The molecule has 0 saturated heterocycles. The average molecular weight is 245 g/mol. The van der Waals surface area contributed by atoms with Crippen molar-refractivity contribution in [1.82, 2.24) is 19.7 Å². The molecule has 1 aliphatic rings. The lowest BCUT2D eigenvalue weighted by molar-refractivity contribution is 0.416. The minimum atomic E-state index is 0.303. The number of ether oxygens (including phenoxy) is 1. The zero-order chi connectivity index (χ0) is 12.5. The average Bonchev–Trinajstić information content (AvgIpc) is 2.97. The molecule has 0 unspecified atom stereocenters. The van der Waals surface area contributed by atoms with E-state index < -0.39 is 0 Å². The summed E-state index contributed by atoms with van der Waals surface area (Å²) < 4.78 is 7.20. The molecule has 0 spiro atoms.